The first kappa shape index (κ1) is 16.1. The molecule has 4 unspecified atom stereocenters. The number of halogens is 1. The number of carbonyl (C=O) groups is 1. The van der Waals surface area contributed by atoms with E-state index < -0.39 is 0 Å². The summed E-state index contributed by atoms with van der Waals surface area (Å²) in [6.07, 6.45) is 7.31. The average molecular weight is 303 g/mol. The number of methoxy groups -OCH3 is 1. The number of ether oxygens (including phenoxy) is 1. The number of fused-ring (bicyclic) bond motifs is 1. The lowest BCUT2D eigenvalue weighted by Gasteiger charge is -2.38. The van der Waals surface area contributed by atoms with Crippen molar-refractivity contribution in [3.05, 3.63) is 0 Å². The molecule has 116 valence electrons. The highest BCUT2D eigenvalue weighted by Gasteiger charge is 2.56. The third-order valence-corrected chi connectivity index (χ3v) is 5.50. The molecule has 1 saturated heterocycles. The molecule has 3 aliphatic rings. The summed E-state index contributed by atoms with van der Waals surface area (Å²) in [6, 6.07) is 0.189. The summed E-state index contributed by atoms with van der Waals surface area (Å²) < 4.78 is 5.43. The second kappa shape index (κ2) is 6.63. The fourth-order valence-corrected chi connectivity index (χ4v) is 4.29. The van der Waals surface area contributed by atoms with Crippen LogP contribution in [0.2, 0.25) is 0 Å². The van der Waals surface area contributed by atoms with Crippen molar-refractivity contribution >= 4 is 18.3 Å². The van der Waals surface area contributed by atoms with Gasteiger partial charge >= 0.3 is 0 Å². The van der Waals surface area contributed by atoms with Gasteiger partial charge in [-0.1, -0.05) is 12.8 Å². The zero-order valence-electron chi connectivity index (χ0n) is 12.3. The molecule has 20 heavy (non-hydrogen) atoms. The van der Waals surface area contributed by atoms with E-state index in [2.05, 4.69) is 4.90 Å². The minimum absolute atomic E-state index is 0. The second-order valence-corrected chi connectivity index (χ2v) is 6.44. The summed E-state index contributed by atoms with van der Waals surface area (Å²) in [5, 5.41) is 0. The average Bonchev–Trinajstić information content (AvgIpc) is 3.20. The lowest BCUT2D eigenvalue weighted by atomic mass is 9.98. The Morgan fingerprint density at radius 2 is 1.90 bits per heavy atom. The van der Waals surface area contributed by atoms with E-state index in [9.17, 15) is 4.79 Å². The standard InChI is InChI=1S/C15H26N2O2.ClH/c1-19-11-6-7-17(10(8-11)9-16)15(18)14-12-4-2-3-5-13(12)14;/h10-14H,2-9,16H2,1H3;1H. The minimum Gasteiger partial charge on any atom is -0.381 e. The molecule has 0 aromatic heterocycles. The first-order valence-corrected chi connectivity index (χ1v) is 7.79. The van der Waals surface area contributed by atoms with Gasteiger partial charge in [0.15, 0.2) is 0 Å². The highest BCUT2D eigenvalue weighted by molar-refractivity contribution is 5.85. The van der Waals surface area contributed by atoms with Gasteiger partial charge in [-0.05, 0) is 37.5 Å². The number of nitrogens with zero attached hydrogens (tertiary/aromatic N) is 1. The third kappa shape index (κ3) is 2.83. The Morgan fingerprint density at radius 3 is 2.45 bits per heavy atom. The zero-order chi connectivity index (χ0) is 13.4. The van der Waals surface area contributed by atoms with Gasteiger partial charge in [0.25, 0.3) is 0 Å². The molecule has 1 aliphatic heterocycles. The quantitative estimate of drug-likeness (QED) is 0.865. The van der Waals surface area contributed by atoms with Gasteiger partial charge < -0.3 is 15.4 Å². The second-order valence-electron chi connectivity index (χ2n) is 6.44. The molecule has 2 N–H and O–H groups in total. The molecule has 3 fully saturated rings. The topological polar surface area (TPSA) is 55.6 Å². The van der Waals surface area contributed by atoms with Gasteiger partial charge in [0.2, 0.25) is 5.91 Å². The van der Waals surface area contributed by atoms with Crippen LogP contribution < -0.4 is 5.73 Å². The number of rotatable bonds is 3. The van der Waals surface area contributed by atoms with E-state index in [0.717, 1.165) is 19.4 Å². The predicted octanol–water partition coefficient (Wildman–Crippen LogP) is 1.81. The van der Waals surface area contributed by atoms with Gasteiger partial charge in [0.05, 0.1) is 6.10 Å². The molecule has 5 heteroatoms. The monoisotopic (exact) mass is 302 g/mol. The molecule has 0 radical (unpaired) electrons. The Labute approximate surface area is 127 Å². The molecular formula is C15H27ClN2O2. The van der Waals surface area contributed by atoms with E-state index >= 15 is 0 Å². The highest BCUT2D eigenvalue weighted by atomic mass is 35.5. The maximum Gasteiger partial charge on any atom is 0.226 e. The first-order chi connectivity index (χ1) is 9.26. The number of nitrogens with two attached hydrogens (primary N) is 1. The summed E-state index contributed by atoms with van der Waals surface area (Å²) in [7, 11) is 1.76. The fourth-order valence-electron chi connectivity index (χ4n) is 4.29. The van der Waals surface area contributed by atoms with Crippen LogP contribution in [0, 0.1) is 17.8 Å². The van der Waals surface area contributed by atoms with Crippen LogP contribution >= 0.6 is 12.4 Å². The van der Waals surface area contributed by atoms with Crippen LogP contribution in [0.25, 0.3) is 0 Å². The Bertz CT molecular complexity index is 341. The molecule has 0 spiro atoms. The normalized spacial score (nSPS) is 39.7. The number of piperidine rings is 1. The fraction of sp³-hybridized carbons (Fsp3) is 0.933. The van der Waals surface area contributed by atoms with Crippen LogP contribution in [0.1, 0.15) is 38.5 Å². The predicted molar refractivity (Wildman–Crippen MR) is 80.8 cm³/mol. The van der Waals surface area contributed by atoms with Crippen molar-refractivity contribution in [2.24, 2.45) is 23.5 Å². The van der Waals surface area contributed by atoms with Crippen molar-refractivity contribution in [3.8, 4) is 0 Å². The van der Waals surface area contributed by atoms with E-state index in [1.165, 1.54) is 25.7 Å². The van der Waals surface area contributed by atoms with Crippen molar-refractivity contribution in [2.75, 3.05) is 20.2 Å². The van der Waals surface area contributed by atoms with Crippen LogP contribution in [0.5, 0.6) is 0 Å². The molecule has 3 rings (SSSR count). The van der Waals surface area contributed by atoms with Gasteiger partial charge in [-0.25, -0.2) is 0 Å². The van der Waals surface area contributed by atoms with Crippen molar-refractivity contribution in [1.29, 1.82) is 0 Å². The number of amides is 1. The van der Waals surface area contributed by atoms with Gasteiger partial charge in [-0.15, -0.1) is 12.4 Å². The Kier molecular flexibility index (Phi) is 5.32. The third-order valence-electron chi connectivity index (χ3n) is 5.50. The van der Waals surface area contributed by atoms with E-state index in [4.69, 9.17) is 10.5 Å². The molecule has 0 aromatic carbocycles. The number of carbonyl (C=O) groups excluding carboxylic acids is 1. The largest absolute Gasteiger partial charge is 0.381 e. The van der Waals surface area contributed by atoms with E-state index in [1.54, 1.807) is 7.11 Å². The van der Waals surface area contributed by atoms with Gasteiger partial charge in [0.1, 0.15) is 0 Å². The smallest absolute Gasteiger partial charge is 0.226 e. The minimum atomic E-state index is 0. The van der Waals surface area contributed by atoms with Crippen LogP contribution in [-0.4, -0.2) is 43.2 Å². The van der Waals surface area contributed by atoms with Gasteiger partial charge in [0, 0.05) is 32.2 Å². The molecule has 1 heterocycles. The molecule has 4 nitrogen and oxygen atoms in total. The summed E-state index contributed by atoms with van der Waals surface area (Å²) in [6.45, 7) is 1.39. The summed E-state index contributed by atoms with van der Waals surface area (Å²) in [5.74, 6) is 2.11. The van der Waals surface area contributed by atoms with Crippen molar-refractivity contribution in [2.45, 2.75) is 50.7 Å². The van der Waals surface area contributed by atoms with Gasteiger partial charge in [-0.3, -0.25) is 4.79 Å². The molecule has 2 aliphatic carbocycles. The zero-order valence-corrected chi connectivity index (χ0v) is 13.1. The van der Waals surface area contributed by atoms with E-state index in [-0.39, 0.29) is 24.6 Å². The summed E-state index contributed by atoms with van der Waals surface area (Å²) in [4.78, 5) is 14.8. The lowest BCUT2D eigenvalue weighted by molar-refractivity contribution is -0.138. The Balaban J connectivity index is 0.00000147. The van der Waals surface area contributed by atoms with Crippen LogP contribution in [0.4, 0.5) is 0 Å². The summed E-state index contributed by atoms with van der Waals surface area (Å²) in [5.41, 5.74) is 5.87. The molecule has 4 atom stereocenters. The molecular weight excluding hydrogens is 276 g/mol. The van der Waals surface area contributed by atoms with Crippen LogP contribution in [0.15, 0.2) is 0 Å². The number of hydrogen-bond acceptors (Lipinski definition) is 3. The van der Waals surface area contributed by atoms with Gasteiger partial charge in [-0.2, -0.15) is 0 Å². The molecule has 0 bridgehead atoms. The van der Waals surface area contributed by atoms with Crippen LogP contribution in [0.3, 0.4) is 0 Å². The Hall–Kier alpha value is -0.320. The maximum atomic E-state index is 12.7. The molecule has 2 saturated carbocycles. The van der Waals surface area contributed by atoms with E-state index in [0.29, 0.717) is 30.2 Å². The maximum absolute atomic E-state index is 12.7. The highest BCUT2D eigenvalue weighted by Crippen LogP contribution is 2.56. The van der Waals surface area contributed by atoms with Crippen molar-refractivity contribution in [3.63, 3.8) is 0 Å². The first-order valence-electron chi connectivity index (χ1n) is 7.79. The van der Waals surface area contributed by atoms with Crippen LogP contribution in [-0.2, 0) is 9.53 Å². The molecule has 1 amide bonds. The van der Waals surface area contributed by atoms with Crippen molar-refractivity contribution in [1.82, 2.24) is 4.90 Å². The SMILES string of the molecule is COC1CCN(C(=O)C2C3CCCCC32)C(CN)C1.Cl. The number of likely N-dealkylation sites (tertiary alicyclic amines) is 1. The van der Waals surface area contributed by atoms with E-state index in [1.807, 2.05) is 0 Å². The number of hydrogen-bond donors (Lipinski definition) is 1. The summed E-state index contributed by atoms with van der Waals surface area (Å²) >= 11 is 0. The Morgan fingerprint density at radius 1 is 1.25 bits per heavy atom. The molecule has 0 aromatic rings. The lowest BCUT2D eigenvalue weighted by Crippen LogP contribution is -2.51. The van der Waals surface area contributed by atoms with Crippen molar-refractivity contribution < 1.29 is 9.53 Å².